The minimum atomic E-state index is 0.552. The normalized spacial score (nSPS) is 10.9. The zero-order chi connectivity index (χ0) is 10.8. The summed E-state index contributed by atoms with van der Waals surface area (Å²) < 4.78 is 7.48. The molecule has 80 valence electrons. The molecular formula is C8H7Br2N3OS. The number of hydrogen-bond acceptors (Lipinski definition) is 5. The molecule has 0 radical (unpaired) electrons. The van der Waals surface area contributed by atoms with Gasteiger partial charge in [-0.25, -0.2) is 0 Å². The maximum Gasteiger partial charge on any atom is 0.257 e. The van der Waals surface area contributed by atoms with E-state index in [0.29, 0.717) is 18.3 Å². The Morgan fingerprint density at radius 2 is 2.27 bits per heavy atom. The number of aromatic nitrogens is 2. The lowest BCUT2D eigenvalue weighted by molar-refractivity contribution is 0.491. The molecule has 0 saturated carbocycles. The van der Waals surface area contributed by atoms with E-state index in [4.69, 9.17) is 4.42 Å². The smallest absolute Gasteiger partial charge is 0.257 e. The fourth-order valence-corrected chi connectivity index (χ4v) is 2.98. The van der Waals surface area contributed by atoms with Crippen LogP contribution in [0.15, 0.2) is 18.7 Å². The van der Waals surface area contributed by atoms with Gasteiger partial charge in [0.2, 0.25) is 5.89 Å². The predicted octanol–water partition coefficient (Wildman–Crippen LogP) is 3.04. The summed E-state index contributed by atoms with van der Waals surface area (Å²) in [6.45, 7) is 0.584. The van der Waals surface area contributed by atoms with E-state index in [9.17, 15) is 0 Å². The highest BCUT2D eigenvalue weighted by Gasteiger charge is 2.12. The predicted molar refractivity (Wildman–Crippen MR) is 65.8 cm³/mol. The first-order valence-electron chi connectivity index (χ1n) is 4.13. The van der Waals surface area contributed by atoms with Crippen LogP contribution in [0.4, 0.5) is 0 Å². The molecule has 0 saturated heterocycles. The molecule has 4 nitrogen and oxygen atoms in total. The summed E-state index contributed by atoms with van der Waals surface area (Å²) in [4.78, 5) is 0.948. The van der Waals surface area contributed by atoms with E-state index in [1.165, 1.54) is 0 Å². The Labute approximate surface area is 107 Å². The molecule has 2 aromatic rings. The lowest BCUT2D eigenvalue weighted by Crippen LogP contribution is -2.04. The molecule has 0 aliphatic heterocycles. The monoisotopic (exact) mass is 351 g/mol. The average Bonchev–Trinajstić information content (AvgIpc) is 2.76. The molecule has 0 aromatic carbocycles. The second-order valence-electron chi connectivity index (χ2n) is 2.76. The Balaban J connectivity index is 2.28. The molecule has 7 heteroatoms. The molecule has 2 aromatic heterocycles. The Hall–Kier alpha value is -0.240. The number of hydrogen-bond donors (Lipinski definition) is 1. The van der Waals surface area contributed by atoms with E-state index in [0.717, 1.165) is 13.1 Å². The van der Waals surface area contributed by atoms with Crippen molar-refractivity contribution < 1.29 is 4.42 Å². The average molecular weight is 353 g/mol. The molecule has 1 N–H and O–H groups in total. The van der Waals surface area contributed by atoms with Gasteiger partial charge in [0.15, 0.2) is 0 Å². The molecule has 0 amide bonds. The SMILES string of the molecule is CNCc1nnc(-c2cc(Br)c(Br)s2)o1. The molecular weight excluding hydrogens is 346 g/mol. The lowest BCUT2D eigenvalue weighted by atomic mass is 10.5. The standard InChI is InChI=1S/C8H7Br2N3OS/c1-11-3-6-12-13-8(14-6)5-2-4(9)7(10)15-5/h2,11H,3H2,1H3. The van der Waals surface area contributed by atoms with Gasteiger partial charge in [-0.2, -0.15) is 0 Å². The van der Waals surface area contributed by atoms with Crippen molar-refractivity contribution in [2.45, 2.75) is 6.54 Å². The van der Waals surface area contributed by atoms with Crippen LogP contribution in [0.25, 0.3) is 10.8 Å². The molecule has 0 unspecified atom stereocenters. The maximum atomic E-state index is 5.46. The summed E-state index contributed by atoms with van der Waals surface area (Å²) >= 11 is 8.38. The van der Waals surface area contributed by atoms with Crippen molar-refractivity contribution >= 4 is 43.2 Å². The summed E-state index contributed by atoms with van der Waals surface area (Å²) in [5.74, 6) is 1.14. The summed E-state index contributed by atoms with van der Waals surface area (Å²) in [5, 5.41) is 10.8. The Kier molecular flexibility index (Phi) is 3.55. The van der Waals surface area contributed by atoms with E-state index in [-0.39, 0.29) is 0 Å². The molecule has 0 aliphatic rings. The largest absolute Gasteiger partial charge is 0.419 e. The van der Waals surface area contributed by atoms with Crippen molar-refractivity contribution in [1.29, 1.82) is 0 Å². The molecule has 0 aliphatic carbocycles. The summed E-state index contributed by atoms with van der Waals surface area (Å²) in [5.41, 5.74) is 0. The van der Waals surface area contributed by atoms with Crippen molar-refractivity contribution in [3.63, 3.8) is 0 Å². The zero-order valence-corrected chi connectivity index (χ0v) is 11.7. The highest BCUT2D eigenvalue weighted by molar-refractivity contribution is 9.13. The van der Waals surface area contributed by atoms with Crippen LogP contribution >= 0.6 is 43.2 Å². The first-order chi connectivity index (χ1) is 7.20. The fraction of sp³-hybridized carbons (Fsp3) is 0.250. The molecule has 15 heavy (non-hydrogen) atoms. The highest BCUT2D eigenvalue weighted by atomic mass is 79.9. The van der Waals surface area contributed by atoms with Crippen molar-refractivity contribution in [1.82, 2.24) is 15.5 Å². The van der Waals surface area contributed by atoms with Crippen LogP contribution in [-0.4, -0.2) is 17.2 Å². The molecule has 0 fully saturated rings. The third kappa shape index (κ3) is 2.47. The maximum absolute atomic E-state index is 5.46. The minimum Gasteiger partial charge on any atom is -0.419 e. The summed E-state index contributed by atoms with van der Waals surface area (Å²) in [6.07, 6.45) is 0. The van der Waals surface area contributed by atoms with Crippen LogP contribution < -0.4 is 5.32 Å². The number of halogens is 2. The van der Waals surface area contributed by atoms with Gasteiger partial charge < -0.3 is 9.73 Å². The lowest BCUT2D eigenvalue weighted by Gasteiger charge is -1.88. The van der Waals surface area contributed by atoms with Crippen LogP contribution in [0, 0.1) is 0 Å². The second-order valence-corrected chi connectivity index (χ2v) is 5.99. The van der Waals surface area contributed by atoms with Crippen molar-refractivity contribution in [2.75, 3.05) is 7.05 Å². The van der Waals surface area contributed by atoms with Gasteiger partial charge in [0, 0.05) is 4.47 Å². The summed E-state index contributed by atoms with van der Waals surface area (Å²) in [6, 6.07) is 1.95. The van der Waals surface area contributed by atoms with Crippen molar-refractivity contribution in [3.05, 3.63) is 20.2 Å². The van der Waals surface area contributed by atoms with Crippen molar-refractivity contribution in [2.24, 2.45) is 0 Å². The summed E-state index contributed by atoms with van der Waals surface area (Å²) in [7, 11) is 1.84. The van der Waals surface area contributed by atoms with Crippen LogP contribution in [0.1, 0.15) is 5.89 Å². The van der Waals surface area contributed by atoms with E-state index in [2.05, 4.69) is 47.4 Å². The van der Waals surface area contributed by atoms with E-state index in [1.807, 2.05) is 13.1 Å². The van der Waals surface area contributed by atoms with Crippen molar-refractivity contribution in [3.8, 4) is 10.8 Å². The van der Waals surface area contributed by atoms with Gasteiger partial charge in [0.25, 0.3) is 5.89 Å². The molecule has 0 spiro atoms. The van der Waals surface area contributed by atoms with Gasteiger partial charge in [-0.15, -0.1) is 21.5 Å². The van der Waals surface area contributed by atoms with E-state index < -0.39 is 0 Å². The topological polar surface area (TPSA) is 51.0 Å². The molecule has 0 atom stereocenters. The number of thiophene rings is 1. The third-order valence-corrected chi connectivity index (χ3v) is 4.90. The minimum absolute atomic E-state index is 0.552. The molecule has 2 rings (SSSR count). The Morgan fingerprint density at radius 1 is 1.47 bits per heavy atom. The Morgan fingerprint density at radius 3 is 2.87 bits per heavy atom. The van der Waals surface area contributed by atoms with E-state index >= 15 is 0 Å². The van der Waals surface area contributed by atoms with Crippen LogP contribution in [0.5, 0.6) is 0 Å². The first kappa shape index (κ1) is 11.3. The number of rotatable bonds is 3. The van der Waals surface area contributed by atoms with Crippen LogP contribution in [0.3, 0.4) is 0 Å². The van der Waals surface area contributed by atoms with Gasteiger partial charge in [-0.3, -0.25) is 0 Å². The second kappa shape index (κ2) is 4.73. The van der Waals surface area contributed by atoms with E-state index in [1.54, 1.807) is 11.3 Å². The number of nitrogens with zero attached hydrogens (tertiary/aromatic N) is 2. The van der Waals surface area contributed by atoms with Gasteiger partial charge in [0.05, 0.1) is 15.2 Å². The van der Waals surface area contributed by atoms with Gasteiger partial charge in [0.1, 0.15) is 0 Å². The quantitative estimate of drug-likeness (QED) is 0.922. The fourth-order valence-electron chi connectivity index (χ4n) is 1.03. The van der Waals surface area contributed by atoms with Crippen LogP contribution in [-0.2, 0) is 6.54 Å². The van der Waals surface area contributed by atoms with Gasteiger partial charge in [-0.05, 0) is 45.0 Å². The van der Waals surface area contributed by atoms with Gasteiger partial charge in [-0.1, -0.05) is 0 Å². The highest BCUT2D eigenvalue weighted by Crippen LogP contribution is 2.37. The number of nitrogens with one attached hydrogen (secondary N) is 1. The van der Waals surface area contributed by atoms with Gasteiger partial charge >= 0.3 is 0 Å². The molecule has 0 bridgehead atoms. The zero-order valence-electron chi connectivity index (χ0n) is 7.75. The third-order valence-electron chi connectivity index (χ3n) is 1.65. The molecule has 2 heterocycles. The Bertz CT molecular complexity index is 449. The first-order valence-corrected chi connectivity index (χ1v) is 6.53. The van der Waals surface area contributed by atoms with Crippen LogP contribution in [0.2, 0.25) is 0 Å².